The van der Waals surface area contributed by atoms with Gasteiger partial charge in [-0.1, -0.05) is 99.7 Å². The Morgan fingerprint density at radius 3 is 2.06 bits per heavy atom. The van der Waals surface area contributed by atoms with Crippen molar-refractivity contribution in [2.24, 2.45) is 0 Å². The molecule has 160 valence electrons. The molecule has 4 rings (SSSR count). The van der Waals surface area contributed by atoms with E-state index < -0.39 is 8.32 Å². The number of ether oxygens (including phenoxy) is 2. The molecule has 1 aliphatic rings. The van der Waals surface area contributed by atoms with Crippen molar-refractivity contribution < 1.29 is 13.9 Å². The Kier molecular flexibility index (Phi) is 6.30. The lowest BCUT2D eigenvalue weighted by Crippen LogP contribution is -2.66. The zero-order valence-corrected chi connectivity index (χ0v) is 19.5. The Hall–Kier alpha value is -2.82. The standard InChI is InChI=1S/C27H30O3Si/c1-27(2,3)31(23-13-6-4-7-14-23,24-15-8-5-9-16-24)30-19-11-10-12-22-17-18-25-26(20-22)29-21-28-25/h4-10,12-18,20H,11,19,21H2,1-3H3/b12-10+. The van der Waals surface area contributed by atoms with Gasteiger partial charge < -0.3 is 13.9 Å². The molecule has 0 atom stereocenters. The average Bonchev–Trinajstić information content (AvgIpc) is 3.24. The topological polar surface area (TPSA) is 27.7 Å². The lowest BCUT2D eigenvalue weighted by molar-refractivity contribution is 0.174. The monoisotopic (exact) mass is 430 g/mol. The summed E-state index contributed by atoms with van der Waals surface area (Å²) >= 11 is 0. The lowest BCUT2D eigenvalue weighted by Gasteiger charge is -2.43. The second kappa shape index (κ2) is 9.12. The molecule has 0 N–H and O–H groups in total. The van der Waals surface area contributed by atoms with Crippen molar-refractivity contribution in [3.8, 4) is 11.5 Å². The largest absolute Gasteiger partial charge is 0.454 e. The smallest absolute Gasteiger partial charge is 0.261 e. The van der Waals surface area contributed by atoms with Crippen LogP contribution in [-0.2, 0) is 4.43 Å². The number of benzene rings is 3. The highest BCUT2D eigenvalue weighted by Gasteiger charge is 2.49. The Balaban J connectivity index is 1.54. The van der Waals surface area contributed by atoms with E-state index in [1.165, 1.54) is 10.4 Å². The van der Waals surface area contributed by atoms with Crippen LogP contribution in [0.3, 0.4) is 0 Å². The maximum absolute atomic E-state index is 6.92. The molecular weight excluding hydrogens is 400 g/mol. The third-order valence-corrected chi connectivity index (χ3v) is 10.8. The minimum atomic E-state index is -2.46. The van der Waals surface area contributed by atoms with Gasteiger partial charge in [0.15, 0.2) is 11.5 Å². The second-order valence-corrected chi connectivity index (χ2v) is 13.1. The molecule has 3 nitrogen and oxygen atoms in total. The fourth-order valence-corrected chi connectivity index (χ4v) is 8.86. The van der Waals surface area contributed by atoms with Crippen molar-refractivity contribution in [2.45, 2.75) is 32.2 Å². The number of hydrogen-bond acceptors (Lipinski definition) is 3. The number of rotatable bonds is 7. The molecule has 0 aliphatic carbocycles. The molecule has 0 bridgehead atoms. The average molecular weight is 431 g/mol. The minimum Gasteiger partial charge on any atom is -0.454 e. The molecule has 0 fully saturated rings. The molecule has 3 aromatic rings. The quantitative estimate of drug-likeness (QED) is 0.371. The molecule has 0 amide bonds. The fraction of sp³-hybridized carbons (Fsp3) is 0.259. The minimum absolute atomic E-state index is 0.00323. The van der Waals surface area contributed by atoms with Crippen molar-refractivity contribution in [3.63, 3.8) is 0 Å². The Morgan fingerprint density at radius 2 is 1.45 bits per heavy atom. The molecule has 1 aliphatic heterocycles. The summed E-state index contributed by atoms with van der Waals surface area (Å²) in [6.07, 6.45) is 5.14. The van der Waals surface area contributed by atoms with E-state index in [0.717, 1.165) is 23.5 Å². The van der Waals surface area contributed by atoms with Gasteiger partial charge in [-0.3, -0.25) is 0 Å². The van der Waals surface area contributed by atoms with Crippen LogP contribution in [0.5, 0.6) is 11.5 Å². The van der Waals surface area contributed by atoms with Crippen LogP contribution in [0.4, 0.5) is 0 Å². The van der Waals surface area contributed by atoms with E-state index in [1.54, 1.807) is 0 Å². The summed E-state index contributed by atoms with van der Waals surface area (Å²) in [5.41, 5.74) is 1.11. The van der Waals surface area contributed by atoms with Gasteiger partial charge >= 0.3 is 0 Å². The predicted octanol–water partition coefficient (Wildman–Crippen LogP) is 5.40. The predicted molar refractivity (Wildman–Crippen MR) is 130 cm³/mol. The van der Waals surface area contributed by atoms with Crippen LogP contribution >= 0.6 is 0 Å². The van der Waals surface area contributed by atoms with Crippen molar-refractivity contribution in [3.05, 3.63) is 90.5 Å². The molecule has 31 heavy (non-hydrogen) atoms. The van der Waals surface area contributed by atoms with Crippen LogP contribution in [0.25, 0.3) is 6.08 Å². The molecule has 0 saturated carbocycles. The summed E-state index contributed by atoms with van der Waals surface area (Å²) in [5.74, 6) is 1.62. The van der Waals surface area contributed by atoms with Gasteiger partial charge in [-0.25, -0.2) is 0 Å². The first-order valence-electron chi connectivity index (χ1n) is 10.8. The van der Waals surface area contributed by atoms with Crippen LogP contribution < -0.4 is 19.8 Å². The van der Waals surface area contributed by atoms with Crippen molar-refractivity contribution >= 4 is 24.8 Å². The molecule has 0 radical (unpaired) electrons. The van der Waals surface area contributed by atoms with E-state index in [9.17, 15) is 0 Å². The molecule has 4 heteroatoms. The van der Waals surface area contributed by atoms with Gasteiger partial charge in [0.05, 0.1) is 0 Å². The Bertz CT molecular complexity index is 984. The van der Waals surface area contributed by atoms with Crippen LogP contribution in [0.15, 0.2) is 84.9 Å². The van der Waals surface area contributed by atoms with Gasteiger partial charge in [-0.15, -0.1) is 0 Å². The highest BCUT2D eigenvalue weighted by Crippen LogP contribution is 2.37. The van der Waals surface area contributed by atoms with E-state index in [0.29, 0.717) is 13.4 Å². The zero-order chi connectivity index (χ0) is 21.7. The molecule has 0 saturated heterocycles. The molecule has 0 spiro atoms. The maximum atomic E-state index is 6.92. The fourth-order valence-electron chi connectivity index (χ4n) is 4.28. The summed E-state index contributed by atoms with van der Waals surface area (Å²) in [6, 6.07) is 27.6. The third-order valence-electron chi connectivity index (χ3n) is 5.73. The van der Waals surface area contributed by atoms with E-state index in [1.807, 2.05) is 18.2 Å². The molecule has 1 heterocycles. The zero-order valence-electron chi connectivity index (χ0n) is 18.5. The van der Waals surface area contributed by atoms with Gasteiger partial charge in [-0.05, 0) is 39.5 Å². The summed E-state index contributed by atoms with van der Waals surface area (Å²) in [6.45, 7) is 7.90. The van der Waals surface area contributed by atoms with Crippen LogP contribution in [0, 0.1) is 0 Å². The SMILES string of the molecule is CC(C)(C)[Si](OCC/C=C/c1ccc2c(c1)OCO2)(c1ccccc1)c1ccccc1. The van der Waals surface area contributed by atoms with Crippen molar-refractivity contribution in [1.29, 1.82) is 0 Å². The van der Waals surface area contributed by atoms with Gasteiger partial charge in [0.1, 0.15) is 0 Å². The van der Waals surface area contributed by atoms with Gasteiger partial charge in [0.25, 0.3) is 8.32 Å². The highest BCUT2D eigenvalue weighted by atomic mass is 28.4. The summed E-state index contributed by atoms with van der Waals surface area (Å²) in [7, 11) is -2.46. The number of hydrogen-bond donors (Lipinski definition) is 0. The summed E-state index contributed by atoms with van der Waals surface area (Å²) < 4.78 is 17.8. The highest BCUT2D eigenvalue weighted by molar-refractivity contribution is 6.99. The van der Waals surface area contributed by atoms with E-state index in [-0.39, 0.29) is 5.04 Å². The van der Waals surface area contributed by atoms with Crippen molar-refractivity contribution in [1.82, 2.24) is 0 Å². The van der Waals surface area contributed by atoms with E-state index in [4.69, 9.17) is 13.9 Å². The van der Waals surface area contributed by atoms with Gasteiger partial charge in [0, 0.05) is 6.61 Å². The number of fused-ring (bicyclic) bond motifs is 1. The maximum Gasteiger partial charge on any atom is 0.261 e. The molecule has 0 aromatic heterocycles. The second-order valence-electron chi connectivity index (χ2n) is 8.82. The van der Waals surface area contributed by atoms with Crippen LogP contribution in [0.1, 0.15) is 32.8 Å². The van der Waals surface area contributed by atoms with E-state index in [2.05, 4.69) is 93.6 Å². The summed E-state index contributed by atoms with van der Waals surface area (Å²) in [5, 5.41) is 2.62. The summed E-state index contributed by atoms with van der Waals surface area (Å²) in [4.78, 5) is 0. The Morgan fingerprint density at radius 1 is 0.839 bits per heavy atom. The molecule has 0 unspecified atom stereocenters. The van der Waals surface area contributed by atoms with Gasteiger partial charge in [-0.2, -0.15) is 0 Å². The Labute approximate surface area is 186 Å². The molecule has 3 aromatic carbocycles. The van der Waals surface area contributed by atoms with E-state index >= 15 is 0 Å². The first kappa shape index (κ1) is 21.4. The first-order valence-corrected chi connectivity index (χ1v) is 12.7. The molecular formula is C27H30O3Si. The third kappa shape index (κ3) is 4.46. The van der Waals surface area contributed by atoms with Crippen LogP contribution in [-0.4, -0.2) is 21.7 Å². The lowest BCUT2D eigenvalue weighted by atomic mass is 10.2. The van der Waals surface area contributed by atoms with Crippen molar-refractivity contribution in [2.75, 3.05) is 13.4 Å². The first-order chi connectivity index (χ1) is 15.0. The van der Waals surface area contributed by atoms with Gasteiger partial charge in [0.2, 0.25) is 6.79 Å². The normalized spacial score (nSPS) is 13.6. The van der Waals surface area contributed by atoms with Crippen LogP contribution in [0.2, 0.25) is 5.04 Å².